The van der Waals surface area contributed by atoms with E-state index in [1.807, 2.05) is 6.92 Å². The maximum absolute atomic E-state index is 10.6. The lowest BCUT2D eigenvalue weighted by atomic mass is 10.0. The van der Waals surface area contributed by atoms with Gasteiger partial charge in [0.1, 0.15) is 0 Å². The molecule has 0 aliphatic rings. The zero-order valence-corrected chi connectivity index (χ0v) is 7.37. The van der Waals surface area contributed by atoms with E-state index in [0.717, 1.165) is 11.1 Å². The van der Waals surface area contributed by atoms with Gasteiger partial charge in [-0.3, -0.25) is 0 Å². The molecule has 13 heavy (non-hydrogen) atoms. The number of carbonyl (C=O) groups is 1. The molecule has 0 radical (unpaired) electrons. The third-order valence-corrected chi connectivity index (χ3v) is 1.76. The Hall–Kier alpha value is -1.77. The van der Waals surface area contributed by atoms with E-state index in [9.17, 15) is 4.79 Å². The summed E-state index contributed by atoms with van der Waals surface area (Å²) in [5, 5.41) is 8.66. The van der Waals surface area contributed by atoms with Crippen molar-refractivity contribution in [3.05, 3.63) is 35.9 Å². The van der Waals surface area contributed by atoms with Crippen LogP contribution in [0.15, 0.2) is 24.8 Å². The van der Waals surface area contributed by atoms with Crippen LogP contribution in [0.4, 0.5) is 5.69 Å². The van der Waals surface area contributed by atoms with Crippen molar-refractivity contribution in [2.75, 3.05) is 5.73 Å². The minimum absolute atomic E-state index is 0.197. The maximum Gasteiger partial charge on any atom is 0.335 e. The number of rotatable bonds is 2. The van der Waals surface area contributed by atoms with Crippen LogP contribution in [0.3, 0.4) is 0 Å². The molecule has 68 valence electrons. The van der Waals surface area contributed by atoms with Crippen molar-refractivity contribution >= 4 is 17.2 Å². The molecular formula is C10H11NO2. The molecule has 3 N–H and O–H groups in total. The second-order valence-electron chi connectivity index (χ2n) is 2.89. The third-order valence-electron chi connectivity index (χ3n) is 1.76. The Morgan fingerprint density at radius 3 is 2.54 bits per heavy atom. The van der Waals surface area contributed by atoms with Crippen LogP contribution in [0.1, 0.15) is 22.8 Å². The van der Waals surface area contributed by atoms with Gasteiger partial charge in [-0.15, -0.1) is 0 Å². The molecule has 0 heterocycles. The molecule has 0 bridgehead atoms. The van der Waals surface area contributed by atoms with Gasteiger partial charge >= 0.3 is 5.97 Å². The Labute approximate surface area is 76.5 Å². The Morgan fingerprint density at radius 2 is 2.15 bits per heavy atom. The number of benzene rings is 1. The van der Waals surface area contributed by atoms with Gasteiger partial charge in [0.15, 0.2) is 0 Å². The molecule has 0 fully saturated rings. The first-order valence-corrected chi connectivity index (χ1v) is 3.81. The summed E-state index contributed by atoms with van der Waals surface area (Å²) >= 11 is 0. The van der Waals surface area contributed by atoms with Gasteiger partial charge in [-0.25, -0.2) is 4.79 Å². The lowest BCUT2D eigenvalue weighted by Crippen LogP contribution is -1.99. The van der Waals surface area contributed by atoms with Crippen LogP contribution in [0, 0.1) is 0 Å². The smallest absolute Gasteiger partial charge is 0.335 e. The van der Waals surface area contributed by atoms with Crippen LogP contribution in [0.2, 0.25) is 0 Å². The quantitative estimate of drug-likeness (QED) is 0.679. The van der Waals surface area contributed by atoms with Gasteiger partial charge in [-0.05, 0) is 30.2 Å². The molecule has 0 aliphatic heterocycles. The molecule has 0 amide bonds. The lowest BCUT2D eigenvalue weighted by molar-refractivity contribution is 0.0697. The standard InChI is InChI=1S/C10H11NO2/c1-6(2)8-4-3-7(10(12)13)5-9(8)11/h3-5H,1,11H2,2H3,(H,12,13). The van der Waals surface area contributed by atoms with Crippen molar-refractivity contribution in [2.45, 2.75) is 6.92 Å². The number of nitrogen functional groups attached to an aromatic ring is 1. The first-order chi connectivity index (χ1) is 6.02. The highest BCUT2D eigenvalue weighted by Gasteiger charge is 2.05. The first kappa shape index (κ1) is 9.32. The summed E-state index contributed by atoms with van der Waals surface area (Å²) < 4.78 is 0. The summed E-state index contributed by atoms with van der Waals surface area (Å²) in [5.74, 6) is -0.972. The van der Waals surface area contributed by atoms with Crippen molar-refractivity contribution in [3.63, 3.8) is 0 Å². The summed E-state index contributed by atoms with van der Waals surface area (Å²) in [4.78, 5) is 10.6. The van der Waals surface area contributed by atoms with Crippen LogP contribution in [0.25, 0.3) is 5.57 Å². The molecule has 0 unspecified atom stereocenters. The second-order valence-corrected chi connectivity index (χ2v) is 2.89. The minimum atomic E-state index is -0.972. The van der Waals surface area contributed by atoms with Gasteiger partial charge in [0.2, 0.25) is 0 Å². The van der Waals surface area contributed by atoms with Crippen LogP contribution in [-0.4, -0.2) is 11.1 Å². The fourth-order valence-corrected chi connectivity index (χ4v) is 1.08. The van der Waals surface area contributed by atoms with Gasteiger partial charge in [0, 0.05) is 5.69 Å². The van der Waals surface area contributed by atoms with E-state index in [1.54, 1.807) is 6.07 Å². The zero-order valence-electron chi connectivity index (χ0n) is 7.37. The number of aromatic carboxylic acids is 1. The van der Waals surface area contributed by atoms with Gasteiger partial charge in [0.05, 0.1) is 5.56 Å². The summed E-state index contributed by atoms with van der Waals surface area (Å²) in [6.07, 6.45) is 0. The topological polar surface area (TPSA) is 63.3 Å². The van der Waals surface area contributed by atoms with Gasteiger partial charge < -0.3 is 10.8 Å². The Kier molecular flexibility index (Phi) is 2.37. The summed E-state index contributed by atoms with van der Waals surface area (Å²) in [6.45, 7) is 5.56. The Bertz CT molecular complexity index is 369. The number of nitrogens with two attached hydrogens (primary N) is 1. The van der Waals surface area contributed by atoms with Crippen molar-refractivity contribution in [1.82, 2.24) is 0 Å². The predicted molar refractivity (Wildman–Crippen MR) is 52.5 cm³/mol. The van der Waals surface area contributed by atoms with Crippen molar-refractivity contribution < 1.29 is 9.90 Å². The van der Waals surface area contributed by atoms with Crippen LogP contribution >= 0.6 is 0 Å². The average Bonchev–Trinajstić information content (AvgIpc) is 2.03. The van der Waals surface area contributed by atoms with E-state index >= 15 is 0 Å². The molecule has 0 saturated carbocycles. The van der Waals surface area contributed by atoms with E-state index < -0.39 is 5.97 Å². The van der Waals surface area contributed by atoms with E-state index in [0.29, 0.717) is 5.69 Å². The summed E-state index contributed by atoms with van der Waals surface area (Å²) in [6, 6.07) is 4.62. The van der Waals surface area contributed by atoms with Gasteiger partial charge in [-0.2, -0.15) is 0 Å². The highest BCUT2D eigenvalue weighted by atomic mass is 16.4. The van der Waals surface area contributed by atoms with E-state index in [-0.39, 0.29) is 5.56 Å². The molecule has 0 aromatic heterocycles. The maximum atomic E-state index is 10.6. The summed E-state index contributed by atoms with van der Waals surface area (Å²) in [7, 11) is 0. The Morgan fingerprint density at radius 1 is 1.54 bits per heavy atom. The SMILES string of the molecule is C=C(C)c1ccc(C(=O)O)cc1N. The Balaban J connectivity index is 3.20. The molecule has 0 spiro atoms. The summed E-state index contributed by atoms with van der Waals surface area (Å²) in [5.41, 5.74) is 7.91. The lowest BCUT2D eigenvalue weighted by Gasteiger charge is -2.05. The molecular weight excluding hydrogens is 166 g/mol. The zero-order chi connectivity index (χ0) is 10.0. The van der Waals surface area contributed by atoms with Gasteiger partial charge in [0.25, 0.3) is 0 Å². The largest absolute Gasteiger partial charge is 0.478 e. The van der Waals surface area contributed by atoms with Crippen LogP contribution < -0.4 is 5.73 Å². The predicted octanol–water partition coefficient (Wildman–Crippen LogP) is 2.00. The molecule has 1 aromatic rings. The van der Waals surface area contributed by atoms with E-state index in [2.05, 4.69) is 6.58 Å². The van der Waals surface area contributed by atoms with Crippen molar-refractivity contribution in [2.24, 2.45) is 0 Å². The number of carboxylic acid groups (broad SMARTS) is 1. The minimum Gasteiger partial charge on any atom is -0.478 e. The molecule has 0 atom stereocenters. The average molecular weight is 177 g/mol. The number of hydrogen-bond donors (Lipinski definition) is 2. The number of allylic oxidation sites excluding steroid dienone is 1. The molecule has 1 aromatic carbocycles. The molecule has 3 heteroatoms. The van der Waals surface area contributed by atoms with Crippen LogP contribution in [0.5, 0.6) is 0 Å². The molecule has 3 nitrogen and oxygen atoms in total. The normalized spacial score (nSPS) is 9.62. The van der Waals surface area contributed by atoms with Gasteiger partial charge in [-0.1, -0.05) is 12.6 Å². The molecule has 0 aliphatic carbocycles. The third kappa shape index (κ3) is 1.87. The number of carboxylic acids is 1. The fourth-order valence-electron chi connectivity index (χ4n) is 1.08. The van der Waals surface area contributed by atoms with Crippen molar-refractivity contribution in [1.29, 1.82) is 0 Å². The fraction of sp³-hybridized carbons (Fsp3) is 0.100. The van der Waals surface area contributed by atoms with E-state index in [1.165, 1.54) is 12.1 Å². The molecule has 1 rings (SSSR count). The van der Waals surface area contributed by atoms with E-state index in [4.69, 9.17) is 10.8 Å². The highest BCUT2D eigenvalue weighted by Crippen LogP contribution is 2.20. The number of hydrogen-bond acceptors (Lipinski definition) is 2. The molecule has 0 saturated heterocycles. The number of anilines is 1. The first-order valence-electron chi connectivity index (χ1n) is 3.81. The second kappa shape index (κ2) is 3.31. The van der Waals surface area contributed by atoms with Crippen LogP contribution in [-0.2, 0) is 0 Å². The highest BCUT2D eigenvalue weighted by molar-refractivity contribution is 5.90. The van der Waals surface area contributed by atoms with Crippen molar-refractivity contribution in [3.8, 4) is 0 Å². The monoisotopic (exact) mass is 177 g/mol.